The Bertz CT molecular complexity index is 249. The zero-order chi connectivity index (χ0) is 13.7. The SMILES string of the molecule is CCN(CC(F)(F)F)C(=O)CNCC(F)(F)F. The van der Waals surface area contributed by atoms with Crippen LogP contribution in [-0.2, 0) is 4.79 Å². The minimum Gasteiger partial charge on any atom is -0.333 e. The van der Waals surface area contributed by atoms with E-state index in [4.69, 9.17) is 0 Å². The lowest BCUT2D eigenvalue weighted by atomic mass is 10.4. The molecule has 0 unspecified atom stereocenters. The van der Waals surface area contributed by atoms with E-state index in [-0.39, 0.29) is 6.54 Å². The van der Waals surface area contributed by atoms with Crippen LogP contribution in [0.1, 0.15) is 6.92 Å². The number of hydrogen-bond donors (Lipinski definition) is 1. The minimum absolute atomic E-state index is 0.216. The van der Waals surface area contributed by atoms with Gasteiger partial charge in [0.25, 0.3) is 0 Å². The molecule has 0 aromatic rings. The molecule has 0 aliphatic carbocycles. The van der Waals surface area contributed by atoms with Crippen molar-refractivity contribution in [3.8, 4) is 0 Å². The van der Waals surface area contributed by atoms with Gasteiger partial charge in [-0.2, -0.15) is 26.3 Å². The van der Waals surface area contributed by atoms with Crippen molar-refractivity contribution in [2.24, 2.45) is 0 Å². The first-order valence-electron chi connectivity index (χ1n) is 4.67. The Labute approximate surface area is 93.8 Å². The van der Waals surface area contributed by atoms with E-state index in [0.29, 0.717) is 4.90 Å². The third-order valence-corrected chi connectivity index (χ3v) is 1.71. The Morgan fingerprint density at radius 3 is 2.00 bits per heavy atom. The molecule has 1 N–H and O–H groups in total. The molecule has 0 aliphatic heterocycles. The lowest BCUT2D eigenvalue weighted by molar-refractivity contribution is -0.161. The van der Waals surface area contributed by atoms with E-state index >= 15 is 0 Å². The number of carbonyl (C=O) groups is 1. The van der Waals surface area contributed by atoms with E-state index in [1.165, 1.54) is 6.92 Å². The summed E-state index contributed by atoms with van der Waals surface area (Å²) in [6, 6.07) is 0. The summed E-state index contributed by atoms with van der Waals surface area (Å²) in [5.74, 6) is -1.02. The van der Waals surface area contributed by atoms with Gasteiger partial charge in [0.05, 0.1) is 13.1 Å². The predicted octanol–water partition coefficient (Wildman–Crippen LogP) is 1.55. The van der Waals surface area contributed by atoms with Crippen LogP contribution in [-0.4, -0.2) is 49.3 Å². The molecule has 0 rings (SSSR count). The lowest BCUT2D eigenvalue weighted by Gasteiger charge is -2.22. The second-order valence-corrected chi connectivity index (χ2v) is 3.24. The van der Waals surface area contributed by atoms with Crippen LogP contribution in [0.4, 0.5) is 26.3 Å². The summed E-state index contributed by atoms with van der Waals surface area (Å²) in [4.78, 5) is 11.6. The summed E-state index contributed by atoms with van der Waals surface area (Å²) >= 11 is 0. The van der Waals surface area contributed by atoms with Crippen molar-refractivity contribution in [2.45, 2.75) is 19.3 Å². The van der Waals surface area contributed by atoms with Crippen LogP contribution in [0.25, 0.3) is 0 Å². The molecule has 1 amide bonds. The molecule has 3 nitrogen and oxygen atoms in total. The van der Waals surface area contributed by atoms with Crippen molar-refractivity contribution in [2.75, 3.05) is 26.2 Å². The molecule has 0 fully saturated rings. The van der Waals surface area contributed by atoms with Gasteiger partial charge in [0.2, 0.25) is 5.91 Å². The number of carbonyl (C=O) groups excluding carboxylic acids is 1. The average Bonchev–Trinajstić information content (AvgIpc) is 2.10. The van der Waals surface area contributed by atoms with Crippen LogP contribution in [0.3, 0.4) is 0 Å². The van der Waals surface area contributed by atoms with Crippen LogP contribution in [0.15, 0.2) is 0 Å². The third-order valence-electron chi connectivity index (χ3n) is 1.71. The molecular formula is C8H12F6N2O. The zero-order valence-electron chi connectivity index (χ0n) is 8.95. The van der Waals surface area contributed by atoms with Gasteiger partial charge in [-0.3, -0.25) is 4.79 Å². The highest BCUT2D eigenvalue weighted by Crippen LogP contribution is 2.16. The highest BCUT2D eigenvalue weighted by molar-refractivity contribution is 5.78. The summed E-state index contributed by atoms with van der Waals surface area (Å²) in [5, 5.41) is 1.74. The van der Waals surface area contributed by atoms with Crippen LogP contribution >= 0.6 is 0 Å². The van der Waals surface area contributed by atoms with Crippen LogP contribution in [0.2, 0.25) is 0 Å². The molecule has 0 saturated heterocycles. The standard InChI is InChI=1S/C8H12F6N2O/c1-2-16(5-8(12,13)14)6(17)3-15-4-7(9,10)11/h15H,2-5H2,1H3. The number of halogens is 6. The summed E-state index contributed by atoms with van der Waals surface area (Å²) in [6.07, 6.45) is -9.06. The maximum atomic E-state index is 12.0. The molecule has 0 spiro atoms. The topological polar surface area (TPSA) is 32.3 Å². The van der Waals surface area contributed by atoms with Crippen molar-refractivity contribution in [1.82, 2.24) is 10.2 Å². The fourth-order valence-corrected chi connectivity index (χ4v) is 1.02. The molecule has 0 aromatic carbocycles. The molecule has 0 aromatic heterocycles. The van der Waals surface area contributed by atoms with Crippen LogP contribution in [0.5, 0.6) is 0 Å². The van der Waals surface area contributed by atoms with Crippen molar-refractivity contribution < 1.29 is 31.1 Å². The number of hydrogen-bond acceptors (Lipinski definition) is 2. The fraction of sp³-hybridized carbons (Fsp3) is 0.875. The van der Waals surface area contributed by atoms with Crippen molar-refractivity contribution >= 4 is 5.91 Å². The number of amides is 1. The largest absolute Gasteiger partial charge is 0.406 e. The number of alkyl halides is 6. The van der Waals surface area contributed by atoms with Crippen molar-refractivity contribution in [3.63, 3.8) is 0 Å². The summed E-state index contributed by atoms with van der Waals surface area (Å²) in [7, 11) is 0. The van der Waals surface area contributed by atoms with Crippen LogP contribution < -0.4 is 5.32 Å². The highest BCUT2D eigenvalue weighted by Gasteiger charge is 2.32. The highest BCUT2D eigenvalue weighted by atomic mass is 19.4. The lowest BCUT2D eigenvalue weighted by Crippen LogP contribution is -2.44. The van der Waals surface area contributed by atoms with Crippen LogP contribution in [0, 0.1) is 0 Å². The maximum absolute atomic E-state index is 12.0. The van der Waals surface area contributed by atoms with Crippen molar-refractivity contribution in [1.29, 1.82) is 0 Å². The Morgan fingerprint density at radius 1 is 1.12 bits per heavy atom. The quantitative estimate of drug-likeness (QED) is 0.766. The maximum Gasteiger partial charge on any atom is 0.406 e. The van der Waals surface area contributed by atoms with E-state index < -0.39 is 37.9 Å². The molecule has 0 bridgehead atoms. The van der Waals surface area contributed by atoms with Gasteiger partial charge in [0, 0.05) is 6.54 Å². The summed E-state index contributed by atoms with van der Waals surface area (Å²) in [5.41, 5.74) is 0. The van der Waals surface area contributed by atoms with Gasteiger partial charge in [-0.1, -0.05) is 0 Å². The Morgan fingerprint density at radius 2 is 1.65 bits per heavy atom. The third kappa shape index (κ3) is 8.78. The van der Waals surface area contributed by atoms with Gasteiger partial charge in [-0.25, -0.2) is 0 Å². The molecule has 0 atom stereocenters. The first-order valence-corrected chi connectivity index (χ1v) is 4.67. The summed E-state index contributed by atoms with van der Waals surface area (Å²) < 4.78 is 71.0. The van der Waals surface area contributed by atoms with Gasteiger partial charge >= 0.3 is 12.4 Å². The first kappa shape index (κ1) is 16.0. The van der Waals surface area contributed by atoms with Gasteiger partial charge in [0.15, 0.2) is 0 Å². The van der Waals surface area contributed by atoms with E-state index in [2.05, 4.69) is 0 Å². The van der Waals surface area contributed by atoms with Gasteiger partial charge in [-0.15, -0.1) is 0 Å². The molecule has 0 saturated carbocycles. The molecule has 0 aliphatic rings. The smallest absolute Gasteiger partial charge is 0.333 e. The van der Waals surface area contributed by atoms with E-state index in [9.17, 15) is 31.1 Å². The number of likely N-dealkylation sites (N-methyl/N-ethyl adjacent to an activating group) is 1. The number of nitrogens with zero attached hydrogens (tertiary/aromatic N) is 1. The van der Waals surface area contributed by atoms with Gasteiger partial charge in [0.1, 0.15) is 6.54 Å². The van der Waals surface area contributed by atoms with Gasteiger partial charge < -0.3 is 10.2 Å². The van der Waals surface area contributed by atoms with Crippen molar-refractivity contribution in [3.05, 3.63) is 0 Å². The Balaban J connectivity index is 4.10. The Kier molecular flexibility index (Phi) is 5.73. The van der Waals surface area contributed by atoms with E-state index in [1.807, 2.05) is 0 Å². The predicted molar refractivity (Wildman–Crippen MR) is 47.2 cm³/mol. The molecule has 0 heterocycles. The minimum atomic E-state index is -4.56. The monoisotopic (exact) mass is 266 g/mol. The molecule has 0 radical (unpaired) electrons. The molecule has 17 heavy (non-hydrogen) atoms. The average molecular weight is 266 g/mol. The first-order chi connectivity index (χ1) is 7.55. The second-order valence-electron chi connectivity index (χ2n) is 3.24. The van der Waals surface area contributed by atoms with Gasteiger partial charge in [-0.05, 0) is 6.92 Å². The second kappa shape index (κ2) is 6.08. The molecule has 9 heteroatoms. The van der Waals surface area contributed by atoms with E-state index in [0.717, 1.165) is 0 Å². The van der Waals surface area contributed by atoms with E-state index in [1.54, 1.807) is 5.32 Å². The number of rotatable bonds is 5. The molecular weight excluding hydrogens is 254 g/mol. The number of nitrogens with one attached hydrogen (secondary N) is 1. The fourth-order valence-electron chi connectivity index (χ4n) is 1.02. The Hall–Kier alpha value is -0.990. The summed E-state index contributed by atoms with van der Waals surface area (Å²) in [6.45, 7) is -2.55. The zero-order valence-corrected chi connectivity index (χ0v) is 8.95. The molecule has 102 valence electrons. The normalized spacial score (nSPS) is 12.6.